The van der Waals surface area contributed by atoms with E-state index in [4.69, 9.17) is 10.2 Å². The zero-order valence-electron chi connectivity index (χ0n) is 10.9. The van der Waals surface area contributed by atoms with Gasteiger partial charge in [0, 0.05) is 11.5 Å². The highest BCUT2D eigenvalue weighted by atomic mass is 19.1. The Balaban J connectivity index is 1.89. The molecule has 21 heavy (non-hydrogen) atoms. The van der Waals surface area contributed by atoms with Gasteiger partial charge in [-0.3, -0.25) is 0 Å². The molecule has 1 aromatic heterocycles. The average Bonchev–Trinajstić information content (AvgIpc) is 2.83. The van der Waals surface area contributed by atoms with E-state index in [-0.39, 0.29) is 12.0 Å². The number of hydrogen-bond acceptors (Lipinski definition) is 2. The number of nitrogens with two attached hydrogens (primary N) is 1. The fourth-order valence-electron chi connectivity index (χ4n) is 2.31. The molecular weight excluding hydrogens is 279 g/mol. The molecule has 2 N–H and O–H groups in total. The van der Waals surface area contributed by atoms with Gasteiger partial charge in [0.05, 0.1) is 6.04 Å². The maximum atomic E-state index is 13.6. The molecule has 1 heterocycles. The normalized spacial score (nSPS) is 12.8. The van der Waals surface area contributed by atoms with E-state index in [9.17, 15) is 13.2 Å². The molecule has 1 unspecified atom stereocenters. The summed E-state index contributed by atoms with van der Waals surface area (Å²) in [6.07, 6.45) is 0.191. The van der Waals surface area contributed by atoms with Crippen LogP contribution in [0.15, 0.2) is 46.9 Å². The van der Waals surface area contributed by atoms with Crippen molar-refractivity contribution in [2.75, 3.05) is 0 Å². The highest BCUT2D eigenvalue weighted by molar-refractivity contribution is 5.78. The number of furan rings is 1. The molecule has 0 aliphatic heterocycles. The van der Waals surface area contributed by atoms with Gasteiger partial charge in [0.2, 0.25) is 0 Å². The molecule has 5 heteroatoms. The molecule has 0 bridgehead atoms. The molecule has 0 radical (unpaired) electrons. The standard InChI is InChI=1S/C16H12F3NO/c17-11-4-9(5-12(18)8-11)6-14(20)15-7-10-2-1-3-13(19)16(10)21-15/h1-5,7-8,14H,6,20H2. The fourth-order valence-corrected chi connectivity index (χ4v) is 2.31. The zero-order chi connectivity index (χ0) is 15.0. The largest absolute Gasteiger partial charge is 0.456 e. The van der Waals surface area contributed by atoms with Crippen molar-refractivity contribution in [3.8, 4) is 0 Å². The Morgan fingerprint density at radius 1 is 1.00 bits per heavy atom. The summed E-state index contributed by atoms with van der Waals surface area (Å²) in [5, 5.41) is 0.603. The van der Waals surface area contributed by atoms with Crippen molar-refractivity contribution in [3.63, 3.8) is 0 Å². The monoisotopic (exact) mass is 291 g/mol. The Morgan fingerprint density at radius 3 is 2.38 bits per heavy atom. The van der Waals surface area contributed by atoms with Crippen molar-refractivity contribution in [1.29, 1.82) is 0 Å². The van der Waals surface area contributed by atoms with Crippen molar-refractivity contribution < 1.29 is 17.6 Å². The van der Waals surface area contributed by atoms with Crippen LogP contribution in [0.2, 0.25) is 0 Å². The van der Waals surface area contributed by atoms with Crippen LogP contribution in [-0.4, -0.2) is 0 Å². The van der Waals surface area contributed by atoms with E-state index in [0.717, 1.165) is 6.07 Å². The number of benzene rings is 2. The molecule has 0 saturated heterocycles. The third kappa shape index (κ3) is 2.78. The van der Waals surface area contributed by atoms with Crippen LogP contribution in [0.3, 0.4) is 0 Å². The van der Waals surface area contributed by atoms with Gasteiger partial charge >= 0.3 is 0 Å². The summed E-state index contributed by atoms with van der Waals surface area (Å²) in [6, 6.07) is 8.83. The van der Waals surface area contributed by atoms with Gasteiger partial charge in [-0.15, -0.1) is 0 Å². The first-order chi connectivity index (χ1) is 10.0. The lowest BCUT2D eigenvalue weighted by molar-refractivity contribution is 0.477. The molecule has 3 rings (SSSR count). The van der Waals surface area contributed by atoms with Crippen molar-refractivity contribution >= 4 is 11.0 Å². The topological polar surface area (TPSA) is 39.2 Å². The molecule has 0 aliphatic carbocycles. The number of para-hydroxylation sites is 1. The minimum atomic E-state index is -0.659. The van der Waals surface area contributed by atoms with Crippen LogP contribution in [0.5, 0.6) is 0 Å². The van der Waals surface area contributed by atoms with E-state index in [2.05, 4.69) is 0 Å². The van der Waals surface area contributed by atoms with E-state index in [1.165, 1.54) is 18.2 Å². The Labute approximate surface area is 119 Å². The van der Waals surface area contributed by atoms with E-state index < -0.39 is 23.5 Å². The fraction of sp³-hybridized carbons (Fsp3) is 0.125. The first-order valence-corrected chi connectivity index (χ1v) is 6.41. The second-order valence-electron chi connectivity index (χ2n) is 4.90. The van der Waals surface area contributed by atoms with Crippen molar-refractivity contribution in [2.24, 2.45) is 5.73 Å². The lowest BCUT2D eigenvalue weighted by Crippen LogP contribution is -2.12. The number of rotatable bonds is 3. The lowest BCUT2D eigenvalue weighted by Gasteiger charge is -2.09. The Bertz CT molecular complexity index is 777. The predicted molar refractivity (Wildman–Crippen MR) is 73.2 cm³/mol. The Kier molecular flexibility index (Phi) is 3.43. The summed E-state index contributed by atoms with van der Waals surface area (Å²) in [4.78, 5) is 0. The minimum absolute atomic E-state index is 0.133. The third-order valence-corrected chi connectivity index (χ3v) is 3.26. The van der Waals surface area contributed by atoms with Gasteiger partial charge < -0.3 is 10.2 Å². The second-order valence-corrected chi connectivity index (χ2v) is 4.90. The molecule has 2 aromatic carbocycles. The molecule has 2 nitrogen and oxygen atoms in total. The summed E-state index contributed by atoms with van der Waals surface area (Å²) in [5.41, 5.74) is 6.53. The van der Waals surface area contributed by atoms with Gasteiger partial charge in [0.1, 0.15) is 17.4 Å². The summed E-state index contributed by atoms with van der Waals surface area (Å²) in [6.45, 7) is 0. The van der Waals surface area contributed by atoms with Crippen LogP contribution >= 0.6 is 0 Å². The van der Waals surface area contributed by atoms with Crippen LogP contribution in [0, 0.1) is 17.5 Å². The van der Waals surface area contributed by atoms with Gasteiger partial charge in [-0.2, -0.15) is 0 Å². The van der Waals surface area contributed by atoms with Crippen molar-refractivity contribution in [1.82, 2.24) is 0 Å². The molecule has 1 atom stereocenters. The van der Waals surface area contributed by atoms with Crippen LogP contribution in [0.1, 0.15) is 17.4 Å². The second kappa shape index (κ2) is 5.26. The van der Waals surface area contributed by atoms with E-state index in [1.54, 1.807) is 18.2 Å². The van der Waals surface area contributed by atoms with Crippen molar-refractivity contribution in [2.45, 2.75) is 12.5 Å². The molecule has 108 valence electrons. The van der Waals surface area contributed by atoms with Gasteiger partial charge in [0.15, 0.2) is 11.4 Å². The zero-order valence-corrected chi connectivity index (χ0v) is 10.9. The van der Waals surface area contributed by atoms with Crippen LogP contribution in [-0.2, 0) is 6.42 Å². The number of hydrogen-bond donors (Lipinski definition) is 1. The van der Waals surface area contributed by atoms with Crippen LogP contribution in [0.4, 0.5) is 13.2 Å². The molecule has 0 saturated carbocycles. The van der Waals surface area contributed by atoms with Crippen LogP contribution in [0.25, 0.3) is 11.0 Å². The highest BCUT2D eigenvalue weighted by Crippen LogP contribution is 2.27. The van der Waals surface area contributed by atoms with Gasteiger partial charge in [-0.25, -0.2) is 13.2 Å². The quantitative estimate of drug-likeness (QED) is 0.789. The van der Waals surface area contributed by atoms with Gasteiger partial charge in [-0.05, 0) is 36.2 Å². The van der Waals surface area contributed by atoms with Crippen LogP contribution < -0.4 is 5.73 Å². The smallest absolute Gasteiger partial charge is 0.169 e. The predicted octanol–water partition coefficient (Wildman–Crippen LogP) is 4.09. The SMILES string of the molecule is NC(Cc1cc(F)cc(F)c1)c1cc2cccc(F)c2o1. The first kappa shape index (κ1) is 13.7. The third-order valence-electron chi connectivity index (χ3n) is 3.26. The molecule has 0 spiro atoms. The lowest BCUT2D eigenvalue weighted by atomic mass is 10.0. The molecule has 0 amide bonds. The number of fused-ring (bicyclic) bond motifs is 1. The average molecular weight is 291 g/mol. The summed E-state index contributed by atoms with van der Waals surface area (Å²) in [5.74, 6) is -1.41. The van der Waals surface area contributed by atoms with E-state index in [1.807, 2.05) is 0 Å². The molecular formula is C16H12F3NO. The minimum Gasteiger partial charge on any atom is -0.456 e. The number of halogens is 3. The first-order valence-electron chi connectivity index (χ1n) is 6.41. The van der Waals surface area contributed by atoms with Gasteiger partial charge in [-0.1, -0.05) is 12.1 Å². The summed E-state index contributed by atoms with van der Waals surface area (Å²) >= 11 is 0. The van der Waals surface area contributed by atoms with E-state index in [0.29, 0.717) is 16.7 Å². The van der Waals surface area contributed by atoms with Crippen molar-refractivity contribution in [3.05, 3.63) is 71.2 Å². The maximum Gasteiger partial charge on any atom is 0.169 e. The summed E-state index contributed by atoms with van der Waals surface area (Å²) in [7, 11) is 0. The Hall–Kier alpha value is -2.27. The molecule has 0 fully saturated rings. The van der Waals surface area contributed by atoms with E-state index >= 15 is 0 Å². The summed E-state index contributed by atoms with van der Waals surface area (Å²) < 4.78 is 45.3. The molecule has 3 aromatic rings. The maximum absolute atomic E-state index is 13.6. The van der Waals surface area contributed by atoms with Gasteiger partial charge in [0.25, 0.3) is 0 Å². The highest BCUT2D eigenvalue weighted by Gasteiger charge is 2.15. The Morgan fingerprint density at radius 2 is 1.71 bits per heavy atom. The molecule has 0 aliphatic rings.